The fourth-order valence-corrected chi connectivity index (χ4v) is 3.79. The lowest BCUT2D eigenvalue weighted by atomic mass is 10.1. The first kappa shape index (κ1) is 17.2. The fourth-order valence-electron chi connectivity index (χ4n) is 2.61. The Morgan fingerprint density at radius 2 is 2.00 bits per heavy atom. The van der Waals surface area contributed by atoms with Gasteiger partial charge in [0.1, 0.15) is 0 Å². The summed E-state index contributed by atoms with van der Waals surface area (Å²) in [5.41, 5.74) is 1.64. The Hall–Kier alpha value is -1.63. The Balaban J connectivity index is 2.22. The molecule has 0 amide bonds. The second kappa shape index (κ2) is 7.51. The molecule has 3 rings (SSSR count). The summed E-state index contributed by atoms with van der Waals surface area (Å²) in [4.78, 5) is 17.8. The van der Waals surface area contributed by atoms with Crippen molar-refractivity contribution in [2.45, 2.75) is 18.1 Å². The van der Waals surface area contributed by atoms with E-state index in [2.05, 4.69) is 20.9 Å². The number of benzene rings is 2. The van der Waals surface area contributed by atoms with Crippen LogP contribution in [0.3, 0.4) is 0 Å². The highest BCUT2D eigenvalue weighted by molar-refractivity contribution is 9.10. The summed E-state index contributed by atoms with van der Waals surface area (Å²) in [5.74, 6) is 0.496. The Morgan fingerprint density at radius 3 is 2.71 bits per heavy atom. The Bertz CT molecular complexity index is 912. The molecule has 1 aromatic heterocycles. The van der Waals surface area contributed by atoms with E-state index in [1.165, 1.54) is 11.8 Å². The lowest BCUT2D eigenvalue weighted by molar-refractivity contribution is 0.322. The van der Waals surface area contributed by atoms with E-state index < -0.39 is 0 Å². The first-order valence-corrected chi connectivity index (χ1v) is 9.40. The quantitative estimate of drug-likeness (QED) is 0.518. The largest absolute Gasteiger partial charge is 0.396 e. The number of hydrogen-bond donors (Lipinski definition) is 1. The molecule has 2 aromatic carbocycles. The number of nitrogens with zero attached hydrogens (tertiary/aromatic N) is 2. The van der Waals surface area contributed by atoms with E-state index >= 15 is 0 Å². The van der Waals surface area contributed by atoms with Gasteiger partial charge >= 0.3 is 0 Å². The number of aromatic nitrogens is 2. The number of rotatable bonds is 5. The monoisotopic (exact) mass is 404 g/mol. The first-order chi connectivity index (χ1) is 11.6. The van der Waals surface area contributed by atoms with Crippen LogP contribution in [0, 0.1) is 0 Å². The number of aliphatic hydroxyl groups is 1. The summed E-state index contributed by atoms with van der Waals surface area (Å²) in [6.07, 6.45) is 0. The number of thioether (sulfide) groups is 1. The minimum atomic E-state index is -0.143. The molecule has 0 saturated heterocycles. The van der Waals surface area contributed by atoms with Crippen LogP contribution in [0.25, 0.3) is 10.9 Å². The smallest absolute Gasteiger partial charge is 0.262 e. The van der Waals surface area contributed by atoms with Gasteiger partial charge in [-0.25, -0.2) is 4.98 Å². The third kappa shape index (κ3) is 3.41. The van der Waals surface area contributed by atoms with Gasteiger partial charge in [-0.15, -0.1) is 0 Å². The molecule has 0 radical (unpaired) electrons. The average molecular weight is 405 g/mol. The van der Waals surface area contributed by atoms with Crippen molar-refractivity contribution in [1.82, 2.24) is 9.55 Å². The summed E-state index contributed by atoms with van der Waals surface area (Å²) < 4.78 is 2.56. The fraction of sp³-hybridized carbons (Fsp3) is 0.222. The standard InChI is InChI=1S/C18H17BrN2O2S/c1-12(13-5-3-2-4-6-13)21-17(23)15-11-14(19)7-8-16(15)20-18(21)24-10-9-22/h2-8,11-12,22H,9-10H2,1H3/t12-/m1/s1. The summed E-state index contributed by atoms with van der Waals surface area (Å²) in [6, 6.07) is 15.3. The van der Waals surface area contributed by atoms with Gasteiger partial charge in [-0.3, -0.25) is 9.36 Å². The van der Waals surface area contributed by atoms with E-state index in [0.717, 1.165) is 10.0 Å². The molecule has 3 aromatic rings. The number of aliphatic hydroxyl groups excluding tert-OH is 1. The molecular weight excluding hydrogens is 388 g/mol. The highest BCUT2D eigenvalue weighted by Crippen LogP contribution is 2.25. The molecule has 0 aliphatic rings. The molecule has 0 aliphatic heterocycles. The number of halogens is 1. The van der Waals surface area contributed by atoms with Gasteiger partial charge in [0.25, 0.3) is 5.56 Å². The third-order valence-electron chi connectivity index (χ3n) is 3.82. The van der Waals surface area contributed by atoms with Crippen molar-refractivity contribution in [3.05, 3.63) is 68.9 Å². The Kier molecular flexibility index (Phi) is 5.38. The molecule has 1 N–H and O–H groups in total. The molecule has 0 spiro atoms. The van der Waals surface area contributed by atoms with Crippen LogP contribution in [-0.4, -0.2) is 27.0 Å². The maximum Gasteiger partial charge on any atom is 0.262 e. The van der Waals surface area contributed by atoms with Crippen LogP contribution in [0.2, 0.25) is 0 Å². The van der Waals surface area contributed by atoms with Crippen LogP contribution < -0.4 is 5.56 Å². The Labute approximate surface area is 152 Å². The molecule has 0 fully saturated rings. The van der Waals surface area contributed by atoms with Crippen molar-refractivity contribution >= 4 is 38.6 Å². The van der Waals surface area contributed by atoms with Gasteiger partial charge in [-0.1, -0.05) is 58.0 Å². The van der Waals surface area contributed by atoms with Gasteiger partial charge in [0.05, 0.1) is 23.6 Å². The lowest BCUT2D eigenvalue weighted by Gasteiger charge is -2.20. The molecule has 124 valence electrons. The summed E-state index contributed by atoms with van der Waals surface area (Å²) >= 11 is 4.81. The van der Waals surface area contributed by atoms with Crippen molar-refractivity contribution in [1.29, 1.82) is 0 Å². The van der Waals surface area contributed by atoms with Crippen LogP contribution in [0.5, 0.6) is 0 Å². The molecule has 6 heteroatoms. The van der Waals surface area contributed by atoms with E-state index in [9.17, 15) is 4.79 Å². The highest BCUT2D eigenvalue weighted by atomic mass is 79.9. The molecule has 0 saturated carbocycles. The number of fused-ring (bicyclic) bond motifs is 1. The predicted molar refractivity (Wildman–Crippen MR) is 102 cm³/mol. The zero-order valence-corrected chi connectivity index (χ0v) is 15.5. The van der Waals surface area contributed by atoms with Gasteiger partial charge in [-0.05, 0) is 30.7 Å². The summed E-state index contributed by atoms with van der Waals surface area (Å²) in [7, 11) is 0. The molecule has 1 heterocycles. The minimum Gasteiger partial charge on any atom is -0.396 e. The molecule has 0 aliphatic carbocycles. The molecule has 0 unspecified atom stereocenters. The van der Waals surface area contributed by atoms with Crippen molar-refractivity contribution in [2.24, 2.45) is 0 Å². The second-order valence-electron chi connectivity index (χ2n) is 5.39. The normalized spacial score (nSPS) is 12.5. The van der Waals surface area contributed by atoms with Gasteiger partial charge in [0.2, 0.25) is 0 Å². The summed E-state index contributed by atoms with van der Waals surface area (Å²) in [5, 5.41) is 10.4. The average Bonchev–Trinajstić information content (AvgIpc) is 2.61. The topological polar surface area (TPSA) is 55.1 Å². The Morgan fingerprint density at radius 1 is 1.25 bits per heavy atom. The minimum absolute atomic E-state index is 0.0403. The van der Waals surface area contributed by atoms with E-state index in [-0.39, 0.29) is 18.2 Å². The molecule has 1 atom stereocenters. The summed E-state index contributed by atoms with van der Waals surface area (Å²) in [6.45, 7) is 2.03. The SMILES string of the molecule is C[C@H](c1ccccc1)n1c(SCCO)nc2ccc(Br)cc2c1=O. The molecule has 24 heavy (non-hydrogen) atoms. The van der Waals surface area contributed by atoms with Gasteiger partial charge in [0.15, 0.2) is 5.16 Å². The van der Waals surface area contributed by atoms with Crippen molar-refractivity contribution in [3.8, 4) is 0 Å². The van der Waals surface area contributed by atoms with E-state index in [4.69, 9.17) is 5.11 Å². The maximum absolute atomic E-state index is 13.1. The lowest BCUT2D eigenvalue weighted by Crippen LogP contribution is -2.27. The highest BCUT2D eigenvalue weighted by Gasteiger charge is 2.18. The zero-order chi connectivity index (χ0) is 17.1. The van der Waals surface area contributed by atoms with Crippen LogP contribution in [0.4, 0.5) is 0 Å². The molecule has 0 bridgehead atoms. The van der Waals surface area contributed by atoms with Crippen molar-refractivity contribution in [3.63, 3.8) is 0 Å². The van der Waals surface area contributed by atoms with E-state index in [0.29, 0.717) is 21.8 Å². The van der Waals surface area contributed by atoms with E-state index in [1.807, 2.05) is 49.4 Å². The van der Waals surface area contributed by atoms with Crippen LogP contribution in [0.15, 0.2) is 63.0 Å². The molecular formula is C18H17BrN2O2S. The molecule has 4 nitrogen and oxygen atoms in total. The second-order valence-corrected chi connectivity index (χ2v) is 7.37. The van der Waals surface area contributed by atoms with Crippen LogP contribution in [0.1, 0.15) is 18.5 Å². The van der Waals surface area contributed by atoms with E-state index in [1.54, 1.807) is 10.6 Å². The number of hydrogen-bond acceptors (Lipinski definition) is 4. The van der Waals surface area contributed by atoms with Crippen LogP contribution >= 0.6 is 27.7 Å². The maximum atomic E-state index is 13.1. The zero-order valence-electron chi connectivity index (χ0n) is 13.1. The van der Waals surface area contributed by atoms with Crippen molar-refractivity contribution in [2.75, 3.05) is 12.4 Å². The van der Waals surface area contributed by atoms with Crippen molar-refractivity contribution < 1.29 is 5.11 Å². The first-order valence-electron chi connectivity index (χ1n) is 7.62. The third-order valence-corrected chi connectivity index (χ3v) is 5.25. The van der Waals surface area contributed by atoms with Gasteiger partial charge < -0.3 is 5.11 Å². The van der Waals surface area contributed by atoms with Crippen LogP contribution in [-0.2, 0) is 0 Å². The predicted octanol–water partition coefficient (Wildman–Crippen LogP) is 3.85. The van der Waals surface area contributed by atoms with Gasteiger partial charge in [-0.2, -0.15) is 0 Å². The van der Waals surface area contributed by atoms with Gasteiger partial charge in [0, 0.05) is 10.2 Å².